The first kappa shape index (κ1) is 12.0. The Hall–Kier alpha value is -0.0900. The van der Waals surface area contributed by atoms with Crippen LogP contribution in [-0.4, -0.2) is 20.2 Å². The minimum Gasteiger partial charge on any atom is -0.212 e. The van der Waals surface area contributed by atoms with Gasteiger partial charge in [0.15, 0.2) is 0 Å². The van der Waals surface area contributed by atoms with Crippen molar-refractivity contribution in [2.75, 3.05) is 5.75 Å². The smallest absolute Gasteiger partial charge is 0.211 e. The highest BCUT2D eigenvalue weighted by atomic mass is 32.2. The summed E-state index contributed by atoms with van der Waals surface area (Å²) in [6.07, 6.45) is 3.36. The molecule has 3 nitrogen and oxygen atoms in total. The molecule has 0 aliphatic heterocycles. The van der Waals surface area contributed by atoms with E-state index in [4.69, 9.17) is 0 Å². The van der Waals surface area contributed by atoms with E-state index in [1.807, 2.05) is 0 Å². The molecule has 84 valence electrons. The highest BCUT2D eigenvalue weighted by Crippen LogP contribution is 2.29. The molecule has 1 rings (SSSR count). The van der Waals surface area contributed by atoms with Crippen LogP contribution in [0.15, 0.2) is 0 Å². The van der Waals surface area contributed by atoms with Gasteiger partial charge in [0, 0.05) is 6.04 Å². The third kappa shape index (κ3) is 2.95. The largest absolute Gasteiger partial charge is 0.212 e. The quantitative estimate of drug-likeness (QED) is 0.786. The lowest BCUT2D eigenvalue weighted by molar-refractivity contribution is 0.227. The van der Waals surface area contributed by atoms with E-state index < -0.39 is 10.0 Å². The second-order valence-electron chi connectivity index (χ2n) is 4.40. The van der Waals surface area contributed by atoms with Crippen molar-refractivity contribution >= 4 is 10.0 Å². The molecule has 4 heteroatoms. The van der Waals surface area contributed by atoms with E-state index in [0.717, 1.165) is 12.8 Å². The van der Waals surface area contributed by atoms with Gasteiger partial charge in [-0.2, -0.15) is 0 Å². The van der Waals surface area contributed by atoms with E-state index in [9.17, 15) is 8.42 Å². The van der Waals surface area contributed by atoms with E-state index >= 15 is 0 Å². The molecule has 0 saturated heterocycles. The Morgan fingerprint density at radius 2 is 1.93 bits per heavy atom. The van der Waals surface area contributed by atoms with Crippen molar-refractivity contribution in [1.82, 2.24) is 4.72 Å². The summed E-state index contributed by atoms with van der Waals surface area (Å²) in [6.45, 7) is 6.03. The van der Waals surface area contributed by atoms with Gasteiger partial charge in [0.1, 0.15) is 0 Å². The molecular formula is C10H21NO2S. The van der Waals surface area contributed by atoms with E-state index in [1.165, 1.54) is 6.42 Å². The fraction of sp³-hybridized carbons (Fsp3) is 1.00. The molecular weight excluding hydrogens is 198 g/mol. The maximum Gasteiger partial charge on any atom is 0.211 e. The highest BCUT2D eigenvalue weighted by molar-refractivity contribution is 7.89. The van der Waals surface area contributed by atoms with Crippen molar-refractivity contribution in [3.05, 3.63) is 0 Å². The second kappa shape index (κ2) is 4.62. The van der Waals surface area contributed by atoms with Crippen LogP contribution in [0.4, 0.5) is 0 Å². The normalized spacial score (nSPS) is 34.4. The molecule has 0 radical (unpaired) electrons. The SMILES string of the molecule is CCS(=O)(=O)N[C@@H]1CCC[C@H](C)[C@@H]1C. The molecule has 0 spiro atoms. The summed E-state index contributed by atoms with van der Waals surface area (Å²) in [5.74, 6) is 1.28. The molecule has 0 aromatic heterocycles. The summed E-state index contributed by atoms with van der Waals surface area (Å²) in [5.41, 5.74) is 0. The monoisotopic (exact) mass is 219 g/mol. The molecule has 1 aliphatic carbocycles. The summed E-state index contributed by atoms with van der Waals surface area (Å²) in [6, 6.07) is 0.156. The summed E-state index contributed by atoms with van der Waals surface area (Å²) < 4.78 is 25.6. The van der Waals surface area contributed by atoms with E-state index in [1.54, 1.807) is 6.92 Å². The zero-order chi connectivity index (χ0) is 10.8. The molecule has 1 N–H and O–H groups in total. The molecule has 1 aliphatic rings. The average molecular weight is 219 g/mol. The van der Waals surface area contributed by atoms with Crippen molar-refractivity contribution in [3.63, 3.8) is 0 Å². The third-order valence-corrected chi connectivity index (χ3v) is 4.84. The van der Waals surface area contributed by atoms with Crippen molar-refractivity contribution in [2.45, 2.75) is 46.1 Å². The molecule has 0 unspecified atom stereocenters. The zero-order valence-electron chi connectivity index (χ0n) is 9.29. The first-order valence-corrected chi connectivity index (χ1v) is 7.11. The second-order valence-corrected chi connectivity index (χ2v) is 6.44. The van der Waals surface area contributed by atoms with Crippen LogP contribution >= 0.6 is 0 Å². The van der Waals surface area contributed by atoms with Gasteiger partial charge in [-0.25, -0.2) is 13.1 Å². The number of nitrogens with one attached hydrogen (secondary N) is 1. The molecule has 0 aromatic carbocycles. The zero-order valence-corrected chi connectivity index (χ0v) is 10.1. The predicted octanol–water partition coefficient (Wildman–Crippen LogP) is 1.75. The maximum absolute atomic E-state index is 11.4. The van der Waals surface area contributed by atoms with Crippen molar-refractivity contribution < 1.29 is 8.42 Å². The Morgan fingerprint density at radius 1 is 1.29 bits per heavy atom. The number of hydrogen-bond donors (Lipinski definition) is 1. The van der Waals surface area contributed by atoms with Crippen molar-refractivity contribution in [3.8, 4) is 0 Å². The number of sulfonamides is 1. The predicted molar refractivity (Wildman–Crippen MR) is 58.6 cm³/mol. The van der Waals surface area contributed by atoms with Crippen molar-refractivity contribution in [2.24, 2.45) is 11.8 Å². The van der Waals surface area contributed by atoms with Crippen molar-refractivity contribution in [1.29, 1.82) is 0 Å². The summed E-state index contributed by atoms with van der Waals surface area (Å²) in [5, 5.41) is 0. The molecule has 1 fully saturated rings. The van der Waals surface area contributed by atoms with Crippen LogP contribution in [-0.2, 0) is 10.0 Å². The average Bonchev–Trinajstić information content (AvgIpc) is 2.13. The summed E-state index contributed by atoms with van der Waals surface area (Å²) in [7, 11) is -3.03. The van der Waals surface area contributed by atoms with Crippen LogP contribution in [0.5, 0.6) is 0 Å². The molecule has 0 amide bonds. The first-order valence-electron chi connectivity index (χ1n) is 5.46. The van der Waals surface area contributed by atoms with Crippen LogP contribution in [0.3, 0.4) is 0 Å². The van der Waals surface area contributed by atoms with Gasteiger partial charge in [0.05, 0.1) is 5.75 Å². The van der Waals surface area contributed by atoms with Crippen LogP contribution in [0.25, 0.3) is 0 Å². The van der Waals surface area contributed by atoms with Crippen LogP contribution in [0, 0.1) is 11.8 Å². The molecule has 0 bridgehead atoms. The van der Waals surface area contributed by atoms with E-state index in [2.05, 4.69) is 18.6 Å². The number of hydrogen-bond acceptors (Lipinski definition) is 2. The van der Waals surface area contributed by atoms with Crippen LogP contribution in [0.2, 0.25) is 0 Å². The van der Waals surface area contributed by atoms with E-state index in [-0.39, 0.29) is 11.8 Å². The molecule has 1 saturated carbocycles. The lowest BCUT2D eigenvalue weighted by Gasteiger charge is -2.34. The maximum atomic E-state index is 11.4. The molecule has 14 heavy (non-hydrogen) atoms. The van der Waals surface area contributed by atoms with Gasteiger partial charge in [0.25, 0.3) is 0 Å². The fourth-order valence-corrected chi connectivity index (χ4v) is 3.02. The first-order chi connectivity index (χ1) is 6.46. The van der Waals surface area contributed by atoms with Crippen LogP contribution < -0.4 is 4.72 Å². The fourth-order valence-electron chi connectivity index (χ4n) is 2.06. The molecule has 0 heterocycles. The Morgan fingerprint density at radius 3 is 2.50 bits per heavy atom. The topological polar surface area (TPSA) is 46.2 Å². The van der Waals surface area contributed by atoms with Gasteiger partial charge in [0.2, 0.25) is 10.0 Å². The third-order valence-electron chi connectivity index (χ3n) is 3.42. The Labute approximate surface area is 87.3 Å². The summed E-state index contributed by atoms with van der Waals surface area (Å²) in [4.78, 5) is 0. The van der Waals surface area contributed by atoms with Gasteiger partial charge < -0.3 is 0 Å². The Kier molecular flexibility index (Phi) is 3.95. The molecule has 0 aromatic rings. The van der Waals surface area contributed by atoms with Gasteiger partial charge >= 0.3 is 0 Å². The Bertz CT molecular complexity index is 274. The highest BCUT2D eigenvalue weighted by Gasteiger charge is 2.29. The van der Waals surface area contributed by atoms with Gasteiger partial charge in [-0.15, -0.1) is 0 Å². The van der Waals surface area contributed by atoms with Gasteiger partial charge in [-0.3, -0.25) is 0 Å². The van der Waals surface area contributed by atoms with Gasteiger partial charge in [-0.1, -0.05) is 26.7 Å². The standard InChI is InChI=1S/C10H21NO2S/c1-4-14(12,13)11-10-7-5-6-8(2)9(10)3/h8-11H,4-7H2,1-3H3/t8-,9-,10+/m0/s1. The van der Waals surface area contributed by atoms with Crippen LogP contribution in [0.1, 0.15) is 40.0 Å². The van der Waals surface area contributed by atoms with Gasteiger partial charge in [-0.05, 0) is 25.2 Å². The molecule has 3 atom stereocenters. The minimum absolute atomic E-state index is 0.156. The number of rotatable bonds is 3. The van der Waals surface area contributed by atoms with E-state index in [0.29, 0.717) is 11.8 Å². The lowest BCUT2D eigenvalue weighted by atomic mass is 9.78. The Balaban J connectivity index is 2.60. The summed E-state index contributed by atoms with van der Waals surface area (Å²) >= 11 is 0. The minimum atomic E-state index is -3.03. The lowest BCUT2D eigenvalue weighted by Crippen LogP contribution is -2.44.